The molecular weight excluding hydrogens is 298 g/mol. The van der Waals surface area contributed by atoms with E-state index in [4.69, 9.17) is 0 Å². The third kappa shape index (κ3) is 1.94. The van der Waals surface area contributed by atoms with E-state index in [1.807, 2.05) is 0 Å². The highest BCUT2D eigenvalue weighted by Gasteiger charge is 2.52. The van der Waals surface area contributed by atoms with Crippen molar-refractivity contribution in [2.24, 2.45) is 17.8 Å². The minimum atomic E-state index is 0.475. The maximum Gasteiger partial charge on any atom is 0.0407 e. The van der Waals surface area contributed by atoms with Crippen LogP contribution in [-0.4, -0.2) is 12.6 Å². The summed E-state index contributed by atoms with van der Waals surface area (Å²) in [6, 6.07) is 8.88. The third-order valence-corrected chi connectivity index (χ3v) is 6.46. The van der Waals surface area contributed by atoms with Gasteiger partial charge in [-0.3, -0.25) is 0 Å². The van der Waals surface area contributed by atoms with Gasteiger partial charge in [0.1, 0.15) is 0 Å². The molecule has 4 fully saturated rings. The molecule has 0 N–H and O–H groups in total. The van der Waals surface area contributed by atoms with Gasteiger partial charge in [-0.05, 0) is 80.5 Å². The number of halogens is 1. The number of rotatable bonds is 2. The minimum absolute atomic E-state index is 0.475. The Labute approximate surface area is 124 Å². The lowest BCUT2D eigenvalue weighted by Gasteiger charge is -2.60. The highest BCUT2D eigenvalue weighted by atomic mass is 79.9. The van der Waals surface area contributed by atoms with E-state index in [2.05, 4.69) is 52.1 Å². The Bertz CT molecular complexity index is 443. The van der Waals surface area contributed by atoms with E-state index < -0.39 is 0 Å². The number of hydrogen-bond acceptors (Lipinski definition) is 1. The van der Waals surface area contributed by atoms with Gasteiger partial charge < -0.3 is 4.90 Å². The van der Waals surface area contributed by atoms with Crippen LogP contribution in [0.15, 0.2) is 28.7 Å². The first-order valence-corrected chi connectivity index (χ1v) is 8.43. The predicted molar refractivity (Wildman–Crippen MR) is 83.4 cm³/mol. The normalized spacial score (nSPS) is 39.6. The lowest BCUT2D eigenvalue weighted by Crippen LogP contribution is -2.59. The number of nitrogens with zero attached hydrogens (tertiary/aromatic N) is 1. The Morgan fingerprint density at radius 1 is 0.947 bits per heavy atom. The Hall–Kier alpha value is -0.500. The van der Waals surface area contributed by atoms with Crippen LogP contribution in [0.1, 0.15) is 38.5 Å². The predicted octanol–water partition coefficient (Wildman–Crippen LogP) is 4.85. The molecule has 102 valence electrons. The van der Waals surface area contributed by atoms with Gasteiger partial charge >= 0.3 is 0 Å². The monoisotopic (exact) mass is 319 g/mol. The van der Waals surface area contributed by atoms with Crippen LogP contribution in [0, 0.1) is 17.8 Å². The smallest absolute Gasteiger partial charge is 0.0407 e. The molecule has 0 atom stereocenters. The van der Waals surface area contributed by atoms with E-state index in [-0.39, 0.29) is 0 Å². The second-order valence-corrected chi connectivity index (χ2v) is 8.09. The second-order valence-electron chi connectivity index (χ2n) is 7.18. The van der Waals surface area contributed by atoms with Crippen molar-refractivity contribution in [3.63, 3.8) is 0 Å². The molecule has 0 radical (unpaired) electrons. The Balaban J connectivity index is 1.65. The maximum absolute atomic E-state index is 3.54. The van der Waals surface area contributed by atoms with E-state index in [0.29, 0.717) is 5.54 Å². The van der Waals surface area contributed by atoms with Crippen LogP contribution < -0.4 is 4.90 Å². The molecule has 4 bridgehead atoms. The molecule has 4 saturated carbocycles. The van der Waals surface area contributed by atoms with E-state index in [9.17, 15) is 0 Å². The lowest BCUT2D eigenvalue weighted by molar-refractivity contribution is -0.00200. The zero-order valence-corrected chi connectivity index (χ0v) is 13.2. The molecule has 0 unspecified atom stereocenters. The van der Waals surface area contributed by atoms with Gasteiger partial charge in [-0.15, -0.1) is 0 Å². The SMILES string of the molecule is CN(c1ccc(Br)cc1)C12CC3CC(CC(C3)C1)C2. The molecule has 0 amide bonds. The fraction of sp³-hybridized carbons (Fsp3) is 0.647. The van der Waals surface area contributed by atoms with Crippen molar-refractivity contribution < 1.29 is 0 Å². The van der Waals surface area contributed by atoms with E-state index in [0.717, 1.165) is 17.8 Å². The topological polar surface area (TPSA) is 3.24 Å². The average Bonchev–Trinajstić information content (AvgIpc) is 2.37. The molecule has 5 rings (SSSR count). The summed E-state index contributed by atoms with van der Waals surface area (Å²) in [5.41, 5.74) is 1.87. The Morgan fingerprint density at radius 2 is 1.42 bits per heavy atom. The minimum Gasteiger partial charge on any atom is -0.369 e. The fourth-order valence-electron chi connectivity index (χ4n) is 5.41. The first-order chi connectivity index (χ1) is 9.14. The van der Waals surface area contributed by atoms with Gasteiger partial charge in [0, 0.05) is 22.7 Å². The van der Waals surface area contributed by atoms with Crippen LogP contribution in [0.4, 0.5) is 5.69 Å². The highest BCUT2D eigenvalue weighted by molar-refractivity contribution is 9.10. The molecule has 4 aliphatic rings. The first-order valence-electron chi connectivity index (χ1n) is 7.64. The van der Waals surface area contributed by atoms with Gasteiger partial charge in [-0.1, -0.05) is 15.9 Å². The molecule has 0 spiro atoms. The lowest BCUT2D eigenvalue weighted by atomic mass is 9.52. The number of hydrogen-bond donors (Lipinski definition) is 0. The van der Waals surface area contributed by atoms with Crippen molar-refractivity contribution in [1.29, 1.82) is 0 Å². The summed E-state index contributed by atoms with van der Waals surface area (Å²) in [6.07, 6.45) is 8.87. The van der Waals surface area contributed by atoms with Crippen molar-refractivity contribution in [2.75, 3.05) is 11.9 Å². The molecule has 0 heterocycles. The molecule has 1 aromatic carbocycles. The van der Waals surface area contributed by atoms with Crippen LogP contribution in [0.5, 0.6) is 0 Å². The standard InChI is InChI=1S/C17H22BrN/c1-19(16-4-2-15(18)3-5-16)17-9-12-6-13(10-17)8-14(7-12)11-17/h2-5,12-14H,6-11H2,1H3. The first kappa shape index (κ1) is 12.3. The van der Waals surface area contributed by atoms with Crippen LogP contribution in [0.3, 0.4) is 0 Å². The largest absolute Gasteiger partial charge is 0.369 e. The van der Waals surface area contributed by atoms with Crippen molar-refractivity contribution >= 4 is 21.6 Å². The van der Waals surface area contributed by atoms with Crippen molar-refractivity contribution in [1.82, 2.24) is 0 Å². The summed E-state index contributed by atoms with van der Waals surface area (Å²) in [6.45, 7) is 0. The van der Waals surface area contributed by atoms with Crippen LogP contribution in [0.25, 0.3) is 0 Å². The zero-order valence-electron chi connectivity index (χ0n) is 11.6. The van der Waals surface area contributed by atoms with Gasteiger partial charge in [0.15, 0.2) is 0 Å². The van der Waals surface area contributed by atoms with Gasteiger partial charge in [0.05, 0.1) is 0 Å². The molecule has 0 aromatic heterocycles. The Morgan fingerprint density at radius 3 is 1.89 bits per heavy atom. The van der Waals surface area contributed by atoms with Gasteiger partial charge in [0.2, 0.25) is 0 Å². The highest BCUT2D eigenvalue weighted by Crippen LogP contribution is 2.58. The molecule has 1 aromatic rings. The van der Waals surface area contributed by atoms with Crippen LogP contribution >= 0.6 is 15.9 Å². The summed E-state index contributed by atoms with van der Waals surface area (Å²) >= 11 is 3.54. The summed E-state index contributed by atoms with van der Waals surface area (Å²) < 4.78 is 1.18. The van der Waals surface area contributed by atoms with Crippen LogP contribution in [-0.2, 0) is 0 Å². The van der Waals surface area contributed by atoms with E-state index in [1.165, 1.54) is 48.7 Å². The third-order valence-electron chi connectivity index (χ3n) is 5.93. The maximum atomic E-state index is 3.54. The molecule has 2 heteroatoms. The quantitative estimate of drug-likeness (QED) is 0.752. The summed E-state index contributed by atoms with van der Waals surface area (Å²) in [4.78, 5) is 2.62. The number of anilines is 1. The van der Waals surface area contributed by atoms with Gasteiger partial charge in [0.25, 0.3) is 0 Å². The van der Waals surface area contributed by atoms with Crippen LogP contribution in [0.2, 0.25) is 0 Å². The van der Waals surface area contributed by atoms with E-state index in [1.54, 1.807) is 0 Å². The number of benzene rings is 1. The van der Waals surface area contributed by atoms with Gasteiger partial charge in [-0.25, -0.2) is 0 Å². The molecular formula is C17H22BrN. The second kappa shape index (κ2) is 4.25. The molecule has 0 saturated heterocycles. The van der Waals surface area contributed by atoms with Gasteiger partial charge in [-0.2, -0.15) is 0 Å². The average molecular weight is 320 g/mol. The molecule has 19 heavy (non-hydrogen) atoms. The van der Waals surface area contributed by atoms with Crippen molar-refractivity contribution in [3.8, 4) is 0 Å². The Kier molecular flexibility index (Phi) is 2.74. The van der Waals surface area contributed by atoms with Crippen molar-refractivity contribution in [2.45, 2.75) is 44.1 Å². The molecule has 1 nitrogen and oxygen atoms in total. The summed E-state index contributed by atoms with van der Waals surface area (Å²) in [5, 5.41) is 0. The molecule has 0 aliphatic heterocycles. The van der Waals surface area contributed by atoms with Crippen molar-refractivity contribution in [3.05, 3.63) is 28.7 Å². The van der Waals surface area contributed by atoms with E-state index >= 15 is 0 Å². The zero-order chi connectivity index (χ0) is 13.0. The fourth-order valence-corrected chi connectivity index (χ4v) is 5.68. The molecule has 4 aliphatic carbocycles. The summed E-state index contributed by atoms with van der Waals surface area (Å²) in [7, 11) is 2.33. The summed E-state index contributed by atoms with van der Waals surface area (Å²) in [5.74, 6) is 3.05.